The van der Waals surface area contributed by atoms with Gasteiger partial charge in [0.1, 0.15) is 0 Å². The fourth-order valence-corrected chi connectivity index (χ4v) is 3.00. The molecule has 2 heterocycles. The summed E-state index contributed by atoms with van der Waals surface area (Å²) in [5.74, 6) is 1.82. The lowest BCUT2D eigenvalue weighted by molar-refractivity contribution is 0.196. The van der Waals surface area contributed by atoms with Gasteiger partial charge in [-0.05, 0) is 40.6 Å². The van der Waals surface area contributed by atoms with Gasteiger partial charge in [-0.1, -0.05) is 0 Å². The van der Waals surface area contributed by atoms with E-state index < -0.39 is 0 Å². The third-order valence-corrected chi connectivity index (χ3v) is 4.07. The van der Waals surface area contributed by atoms with Gasteiger partial charge in [-0.15, -0.1) is 0 Å². The maximum atomic E-state index is 4.26. The average Bonchev–Trinajstić information content (AvgIpc) is 2.86. The van der Waals surface area contributed by atoms with Gasteiger partial charge in [-0.3, -0.25) is 4.68 Å². The summed E-state index contributed by atoms with van der Waals surface area (Å²) in [4.78, 5) is 0. The van der Waals surface area contributed by atoms with Crippen LogP contribution in [-0.2, 0) is 7.05 Å². The zero-order chi connectivity index (χ0) is 9.71. The van der Waals surface area contributed by atoms with Crippen molar-refractivity contribution in [1.82, 2.24) is 15.1 Å². The summed E-state index contributed by atoms with van der Waals surface area (Å²) in [5, 5.41) is 7.77. The quantitative estimate of drug-likeness (QED) is 0.875. The van der Waals surface area contributed by atoms with Crippen molar-refractivity contribution in [2.24, 2.45) is 18.9 Å². The molecule has 2 unspecified atom stereocenters. The van der Waals surface area contributed by atoms with Gasteiger partial charge in [0.25, 0.3) is 0 Å². The molecule has 0 spiro atoms. The van der Waals surface area contributed by atoms with Gasteiger partial charge in [0.2, 0.25) is 0 Å². The van der Waals surface area contributed by atoms with E-state index in [1.54, 1.807) is 0 Å². The van der Waals surface area contributed by atoms with E-state index in [2.05, 4.69) is 26.3 Å². The Bertz CT molecular complexity index is 337. The molecular formula is C10H14BrN3. The molecule has 1 N–H and O–H groups in total. The highest BCUT2D eigenvalue weighted by molar-refractivity contribution is 9.10. The van der Waals surface area contributed by atoms with Crippen LogP contribution in [-0.4, -0.2) is 16.3 Å². The average molecular weight is 256 g/mol. The Labute approximate surface area is 92.0 Å². The molecule has 1 aliphatic carbocycles. The van der Waals surface area contributed by atoms with Gasteiger partial charge in [0.15, 0.2) is 0 Å². The first-order chi connectivity index (χ1) is 6.77. The summed E-state index contributed by atoms with van der Waals surface area (Å²) in [6, 6.07) is 0.532. The molecule has 0 radical (unpaired) electrons. The number of nitrogens with one attached hydrogen (secondary N) is 1. The van der Waals surface area contributed by atoms with Gasteiger partial charge in [0.05, 0.1) is 22.4 Å². The predicted molar refractivity (Wildman–Crippen MR) is 57.9 cm³/mol. The Morgan fingerprint density at radius 3 is 2.79 bits per heavy atom. The lowest BCUT2D eigenvalue weighted by atomic mass is 9.85. The zero-order valence-electron chi connectivity index (χ0n) is 8.20. The van der Waals surface area contributed by atoms with Crippen LogP contribution in [0.4, 0.5) is 0 Å². The van der Waals surface area contributed by atoms with E-state index in [0.29, 0.717) is 6.04 Å². The molecule has 3 nitrogen and oxygen atoms in total. The van der Waals surface area contributed by atoms with E-state index >= 15 is 0 Å². The van der Waals surface area contributed by atoms with E-state index in [1.807, 2.05) is 17.9 Å². The largest absolute Gasteiger partial charge is 0.308 e. The molecule has 2 atom stereocenters. The fraction of sp³-hybridized carbons (Fsp3) is 0.700. The molecule has 1 aliphatic heterocycles. The third kappa shape index (κ3) is 1.24. The standard InChI is InChI=1S/C10H14BrN3/c1-14-10(8(11)5-13-14)9-7(4-12-9)6-2-3-6/h5-7,9,12H,2-4H2,1H3. The second kappa shape index (κ2) is 3.07. The van der Waals surface area contributed by atoms with Crippen LogP contribution in [0.3, 0.4) is 0 Å². The topological polar surface area (TPSA) is 29.9 Å². The molecule has 2 aliphatic rings. The highest BCUT2D eigenvalue weighted by Crippen LogP contribution is 2.47. The van der Waals surface area contributed by atoms with E-state index in [1.165, 1.54) is 25.1 Å². The van der Waals surface area contributed by atoms with Crippen LogP contribution >= 0.6 is 15.9 Å². The van der Waals surface area contributed by atoms with Crippen molar-refractivity contribution in [3.05, 3.63) is 16.4 Å². The van der Waals surface area contributed by atoms with Crippen LogP contribution in [0.2, 0.25) is 0 Å². The first-order valence-electron chi connectivity index (χ1n) is 5.18. The predicted octanol–water partition coefficient (Wildman–Crippen LogP) is 1.85. The first-order valence-corrected chi connectivity index (χ1v) is 5.97. The minimum Gasteiger partial charge on any atom is -0.308 e. The summed E-state index contributed by atoms with van der Waals surface area (Å²) < 4.78 is 3.12. The van der Waals surface area contributed by atoms with Crippen LogP contribution in [0, 0.1) is 11.8 Å². The lowest BCUT2D eigenvalue weighted by Crippen LogP contribution is -2.47. The molecule has 1 aromatic heterocycles. The Morgan fingerprint density at radius 2 is 2.36 bits per heavy atom. The molecule has 1 saturated heterocycles. The van der Waals surface area contributed by atoms with Crippen LogP contribution in [0.5, 0.6) is 0 Å². The normalized spacial score (nSPS) is 31.6. The maximum Gasteiger partial charge on any atom is 0.0695 e. The second-order valence-corrected chi connectivity index (χ2v) is 5.24. The van der Waals surface area contributed by atoms with Gasteiger partial charge < -0.3 is 5.32 Å². The van der Waals surface area contributed by atoms with Gasteiger partial charge in [0, 0.05) is 13.6 Å². The molecule has 0 bridgehead atoms. The second-order valence-electron chi connectivity index (χ2n) is 4.39. The Hall–Kier alpha value is -0.350. The number of hydrogen-bond donors (Lipinski definition) is 1. The van der Waals surface area contributed by atoms with Crippen molar-refractivity contribution in [2.45, 2.75) is 18.9 Å². The van der Waals surface area contributed by atoms with Crippen molar-refractivity contribution in [2.75, 3.05) is 6.54 Å². The molecule has 1 saturated carbocycles. The van der Waals surface area contributed by atoms with Crippen molar-refractivity contribution in [3.8, 4) is 0 Å². The minimum atomic E-state index is 0.532. The highest BCUT2D eigenvalue weighted by Gasteiger charge is 2.44. The molecule has 1 aromatic rings. The first kappa shape index (κ1) is 8.92. The van der Waals surface area contributed by atoms with Crippen LogP contribution in [0.15, 0.2) is 10.7 Å². The molecule has 76 valence electrons. The van der Waals surface area contributed by atoms with Crippen LogP contribution < -0.4 is 5.32 Å². The van der Waals surface area contributed by atoms with Gasteiger partial charge in [-0.2, -0.15) is 5.10 Å². The molecule has 3 rings (SSSR count). The van der Waals surface area contributed by atoms with Crippen LogP contribution in [0.25, 0.3) is 0 Å². The molecular weight excluding hydrogens is 242 g/mol. The molecule has 0 amide bonds. The van der Waals surface area contributed by atoms with E-state index in [9.17, 15) is 0 Å². The number of hydrogen-bond acceptors (Lipinski definition) is 2. The minimum absolute atomic E-state index is 0.532. The summed E-state index contributed by atoms with van der Waals surface area (Å²) in [6.07, 6.45) is 4.75. The maximum absolute atomic E-state index is 4.26. The SMILES string of the molecule is Cn1ncc(Br)c1C1NCC1C1CC1. The number of rotatable bonds is 2. The van der Waals surface area contributed by atoms with E-state index in [0.717, 1.165) is 16.3 Å². The van der Waals surface area contributed by atoms with Crippen molar-refractivity contribution in [1.29, 1.82) is 0 Å². The summed E-state index contributed by atoms with van der Waals surface area (Å²) >= 11 is 3.57. The number of aromatic nitrogens is 2. The van der Waals surface area contributed by atoms with Crippen molar-refractivity contribution >= 4 is 15.9 Å². The van der Waals surface area contributed by atoms with E-state index in [-0.39, 0.29) is 0 Å². The number of halogens is 1. The van der Waals surface area contributed by atoms with Crippen molar-refractivity contribution in [3.63, 3.8) is 0 Å². The molecule has 2 fully saturated rings. The van der Waals surface area contributed by atoms with Crippen LogP contribution in [0.1, 0.15) is 24.6 Å². The van der Waals surface area contributed by atoms with Gasteiger partial charge in [-0.25, -0.2) is 0 Å². The lowest BCUT2D eigenvalue weighted by Gasteiger charge is -2.38. The Balaban J connectivity index is 1.87. The fourth-order valence-electron chi connectivity index (χ4n) is 2.40. The van der Waals surface area contributed by atoms with Crippen molar-refractivity contribution < 1.29 is 0 Å². The molecule has 0 aromatic carbocycles. The Kier molecular flexibility index (Phi) is 1.96. The summed E-state index contributed by atoms with van der Waals surface area (Å²) in [7, 11) is 2.02. The molecule has 4 heteroatoms. The number of nitrogens with zero attached hydrogens (tertiary/aromatic N) is 2. The summed E-state index contributed by atoms with van der Waals surface area (Å²) in [5.41, 5.74) is 1.31. The summed E-state index contributed by atoms with van der Waals surface area (Å²) in [6.45, 7) is 1.19. The smallest absolute Gasteiger partial charge is 0.0695 e. The molecule has 14 heavy (non-hydrogen) atoms. The highest BCUT2D eigenvalue weighted by atomic mass is 79.9. The monoisotopic (exact) mass is 255 g/mol. The van der Waals surface area contributed by atoms with E-state index in [4.69, 9.17) is 0 Å². The van der Waals surface area contributed by atoms with Gasteiger partial charge >= 0.3 is 0 Å². The zero-order valence-corrected chi connectivity index (χ0v) is 9.79. The number of aryl methyl sites for hydroxylation is 1. The third-order valence-electron chi connectivity index (χ3n) is 3.46. The Morgan fingerprint density at radius 1 is 1.57 bits per heavy atom.